The average Bonchev–Trinajstić information content (AvgIpc) is 2.78. The first kappa shape index (κ1) is 12.4. The lowest BCUT2D eigenvalue weighted by molar-refractivity contribution is -0.136. The zero-order chi connectivity index (χ0) is 13.1. The molecule has 1 aliphatic rings. The quantitative estimate of drug-likeness (QED) is 0.465. The van der Waals surface area contributed by atoms with Crippen LogP contribution < -0.4 is 0 Å². The van der Waals surface area contributed by atoms with Gasteiger partial charge >= 0.3 is 5.97 Å². The smallest absolute Gasteiger partial charge is 0.337 e. The summed E-state index contributed by atoms with van der Waals surface area (Å²) in [4.78, 5) is 11.8. The third-order valence-corrected chi connectivity index (χ3v) is 2.82. The minimum atomic E-state index is -0.357. The van der Waals surface area contributed by atoms with Crippen molar-refractivity contribution >= 4 is 11.7 Å². The Bertz CT molecular complexity index is 526. The van der Waals surface area contributed by atoms with E-state index in [4.69, 9.17) is 9.47 Å². The number of carbonyl (C=O) groups excluding carboxylic acids is 1. The molecule has 0 radical (unpaired) electrons. The van der Waals surface area contributed by atoms with Gasteiger partial charge in [-0.25, -0.2) is 4.79 Å². The topological polar surface area (TPSA) is 35.5 Å². The predicted molar refractivity (Wildman–Crippen MR) is 69.6 cm³/mol. The second-order valence-electron chi connectivity index (χ2n) is 4.38. The van der Waals surface area contributed by atoms with Gasteiger partial charge in [0.05, 0.1) is 12.7 Å². The van der Waals surface area contributed by atoms with Gasteiger partial charge in [-0.1, -0.05) is 36.4 Å². The molecule has 2 rings (SSSR count). The molecule has 0 saturated heterocycles. The molecule has 0 amide bonds. The van der Waals surface area contributed by atoms with E-state index in [2.05, 4.69) is 6.58 Å². The molecule has 18 heavy (non-hydrogen) atoms. The Hall–Kier alpha value is -2.03. The molecule has 0 N–H and O–H groups in total. The molecule has 3 nitrogen and oxygen atoms in total. The predicted octanol–water partition coefficient (Wildman–Crippen LogP) is 3.07. The van der Waals surface area contributed by atoms with Crippen LogP contribution in [0.2, 0.25) is 0 Å². The summed E-state index contributed by atoms with van der Waals surface area (Å²) >= 11 is 0. The minimum absolute atomic E-state index is 0.357. The van der Waals surface area contributed by atoms with E-state index in [0.29, 0.717) is 24.4 Å². The SMILES string of the molecule is C=C(C)C/C(C(=O)OC)=C1\OCc2ccccc21. The first-order valence-corrected chi connectivity index (χ1v) is 5.80. The van der Waals surface area contributed by atoms with E-state index in [9.17, 15) is 4.79 Å². The number of hydrogen-bond donors (Lipinski definition) is 0. The normalized spacial score (nSPS) is 15.7. The van der Waals surface area contributed by atoms with Gasteiger partial charge in [0.25, 0.3) is 0 Å². The molecule has 0 fully saturated rings. The van der Waals surface area contributed by atoms with Gasteiger partial charge in [0.2, 0.25) is 0 Å². The molecule has 94 valence electrons. The van der Waals surface area contributed by atoms with E-state index in [1.807, 2.05) is 31.2 Å². The molecule has 1 aromatic carbocycles. The van der Waals surface area contributed by atoms with Gasteiger partial charge in [0, 0.05) is 17.5 Å². The highest BCUT2D eigenvalue weighted by Gasteiger charge is 2.25. The minimum Gasteiger partial charge on any atom is -0.488 e. The number of hydrogen-bond acceptors (Lipinski definition) is 3. The van der Waals surface area contributed by atoms with Gasteiger partial charge in [-0.15, -0.1) is 0 Å². The van der Waals surface area contributed by atoms with Crippen LogP contribution in [0.15, 0.2) is 42.0 Å². The van der Waals surface area contributed by atoms with E-state index in [1.54, 1.807) is 0 Å². The zero-order valence-electron chi connectivity index (χ0n) is 10.7. The Kier molecular flexibility index (Phi) is 3.51. The van der Waals surface area contributed by atoms with Crippen molar-refractivity contribution in [2.45, 2.75) is 20.0 Å². The number of rotatable bonds is 3. The number of methoxy groups -OCH3 is 1. The highest BCUT2D eigenvalue weighted by atomic mass is 16.5. The maximum atomic E-state index is 11.8. The molecule has 1 heterocycles. The lowest BCUT2D eigenvalue weighted by Gasteiger charge is -2.09. The first-order valence-electron chi connectivity index (χ1n) is 5.80. The van der Waals surface area contributed by atoms with Crippen molar-refractivity contribution in [3.05, 3.63) is 53.1 Å². The molecule has 3 heteroatoms. The van der Waals surface area contributed by atoms with Crippen molar-refractivity contribution < 1.29 is 14.3 Å². The van der Waals surface area contributed by atoms with E-state index in [-0.39, 0.29) is 5.97 Å². The summed E-state index contributed by atoms with van der Waals surface area (Å²) < 4.78 is 10.5. The summed E-state index contributed by atoms with van der Waals surface area (Å²) in [6.07, 6.45) is 0.469. The summed E-state index contributed by atoms with van der Waals surface area (Å²) in [5.41, 5.74) is 3.50. The third kappa shape index (κ3) is 2.30. The Balaban J connectivity index is 2.49. The van der Waals surface area contributed by atoms with Crippen molar-refractivity contribution in [3.8, 4) is 0 Å². The van der Waals surface area contributed by atoms with Gasteiger partial charge in [-0.3, -0.25) is 0 Å². The van der Waals surface area contributed by atoms with Gasteiger partial charge in [-0.2, -0.15) is 0 Å². The lowest BCUT2D eigenvalue weighted by atomic mass is 10.0. The van der Waals surface area contributed by atoms with Crippen LogP contribution in [0.25, 0.3) is 5.76 Å². The number of ether oxygens (including phenoxy) is 2. The summed E-state index contributed by atoms with van der Waals surface area (Å²) in [5, 5.41) is 0. The number of esters is 1. The fourth-order valence-electron chi connectivity index (χ4n) is 2.02. The Labute approximate surface area is 107 Å². The monoisotopic (exact) mass is 244 g/mol. The molecule has 0 atom stereocenters. The van der Waals surface area contributed by atoms with Crippen molar-refractivity contribution in [2.75, 3.05) is 7.11 Å². The Morgan fingerprint density at radius 2 is 2.17 bits per heavy atom. The van der Waals surface area contributed by atoms with Gasteiger partial charge in [-0.05, 0) is 6.92 Å². The van der Waals surface area contributed by atoms with Crippen LogP contribution in [0.5, 0.6) is 0 Å². The fraction of sp³-hybridized carbons (Fsp3) is 0.267. The summed E-state index contributed by atoms with van der Waals surface area (Å²) in [5.74, 6) is 0.269. The summed E-state index contributed by atoms with van der Waals surface area (Å²) in [6.45, 7) is 6.22. The van der Waals surface area contributed by atoms with E-state index >= 15 is 0 Å². The standard InChI is InChI=1S/C15H16O3/c1-10(2)8-13(15(16)17-3)14-12-7-5-4-6-11(12)9-18-14/h4-7H,1,8-9H2,2-3H3/b14-13+. The maximum absolute atomic E-state index is 11.8. The molecule has 1 aliphatic heterocycles. The largest absolute Gasteiger partial charge is 0.488 e. The molecule has 0 aliphatic carbocycles. The van der Waals surface area contributed by atoms with Crippen LogP contribution in [0.1, 0.15) is 24.5 Å². The van der Waals surface area contributed by atoms with Crippen molar-refractivity contribution in [3.63, 3.8) is 0 Å². The molecule has 0 unspecified atom stereocenters. The lowest BCUT2D eigenvalue weighted by Crippen LogP contribution is -2.08. The molecule has 0 bridgehead atoms. The van der Waals surface area contributed by atoms with Crippen LogP contribution in [0.4, 0.5) is 0 Å². The molecular formula is C15H16O3. The van der Waals surface area contributed by atoms with E-state index in [1.165, 1.54) is 7.11 Å². The number of fused-ring (bicyclic) bond motifs is 1. The second-order valence-corrected chi connectivity index (χ2v) is 4.38. The number of carbonyl (C=O) groups is 1. The first-order chi connectivity index (χ1) is 8.63. The van der Waals surface area contributed by atoms with Crippen molar-refractivity contribution in [2.24, 2.45) is 0 Å². The van der Waals surface area contributed by atoms with Crippen LogP contribution in [0, 0.1) is 0 Å². The van der Waals surface area contributed by atoms with Gasteiger partial charge in [0.1, 0.15) is 12.4 Å². The Morgan fingerprint density at radius 3 is 2.83 bits per heavy atom. The highest BCUT2D eigenvalue weighted by Crippen LogP contribution is 2.34. The third-order valence-electron chi connectivity index (χ3n) is 2.82. The molecular weight excluding hydrogens is 228 g/mol. The summed E-state index contributed by atoms with van der Waals surface area (Å²) in [6, 6.07) is 7.85. The van der Waals surface area contributed by atoms with Gasteiger partial charge < -0.3 is 9.47 Å². The van der Waals surface area contributed by atoms with E-state index < -0.39 is 0 Å². The van der Waals surface area contributed by atoms with Crippen LogP contribution in [-0.2, 0) is 20.9 Å². The Morgan fingerprint density at radius 1 is 1.44 bits per heavy atom. The number of allylic oxidation sites excluding steroid dienone is 1. The zero-order valence-corrected chi connectivity index (χ0v) is 10.7. The average molecular weight is 244 g/mol. The highest BCUT2D eigenvalue weighted by molar-refractivity contribution is 5.97. The maximum Gasteiger partial charge on any atom is 0.337 e. The van der Waals surface area contributed by atoms with Crippen LogP contribution in [0.3, 0.4) is 0 Å². The fourth-order valence-corrected chi connectivity index (χ4v) is 2.02. The van der Waals surface area contributed by atoms with Crippen molar-refractivity contribution in [1.29, 1.82) is 0 Å². The number of benzene rings is 1. The van der Waals surface area contributed by atoms with Crippen LogP contribution in [-0.4, -0.2) is 13.1 Å². The van der Waals surface area contributed by atoms with E-state index in [0.717, 1.165) is 16.7 Å². The van der Waals surface area contributed by atoms with Gasteiger partial charge in [0.15, 0.2) is 0 Å². The molecule has 1 aromatic rings. The second kappa shape index (κ2) is 5.08. The van der Waals surface area contributed by atoms with Crippen LogP contribution >= 0.6 is 0 Å². The molecule has 0 aromatic heterocycles. The molecule has 0 saturated carbocycles. The van der Waals surface area contributed by atoms with Crippen molar-refractivity contribution in [1.82, 2.24) is 0 Å². The summed E-state index contributed by atoms with van der Waals surface area (Å²) in [7, 11) is 1.38. The molecule has 0 spiro atoms.